The highest BCUT2D eigenvalue weighted by Gasteiger charge is 2.40. The molecule has 1 aromatic carbocycles. The molecule has 2 amide bonds. The van der Waals surface area contributed by atoms with Crippen LogP contribution in [0.5, 0.6) is 0 Å². The number of nitrogens with zero attached hydrogens (tertiary/aromatic N) is 2. The number of aromatic nitrogens is 1. The van der Waals surface area contributed by atoms with Gasteiger partial charge in [0.05, 0.1) is 30.5 Å². The molecule has 142 valence electrons. The number of hydrogen-bond donors (Lipinski definition) is 1. The monoisotopic (exact) mass is 367 g/mol. The molecule has 0 bridgehead atoms. The molecular weight excluding hydrogens is 342 g/mol. The number of piperidine rings is 1. The van der Waals surface area contributed by atoms with E-state index in [1.165, 1.54) is 0 Å². The smallest absolute Gasteiger partial charge is 0.229 e. The summed E-state index contributed by atoms with van der Waals surface area (Å²) in [6.07, 6.45) is 4.16. The van der Waals surface area contributed by atoms with Crippen molar-refractivity contribution in [1.29, 1.82) is 0 Å². The molecule has 0 unspecified atom stereocenters. The van der Waals surface area contributed by atoms with Crippen molar-refractivity contribution in [3.05, 3.63) is 59.9 Å². The van der Waals surface area contributed by atoms with Crippen LogP contribution in [-0.4, -0.2) is 42.0 Å². The highest BCUT2D eigenvalue weighted by molar-refractivity contribution is 5.94. The first kappa shape index (κ1) is 19.0. The molecule has 0 aliphatic carbocycles. The zero-order chi connectivity index (χ0) is 19.2. The van der Waals surface area contributed by atoms with Gasteiger partial charge in [-0.3, -0.25) is 14.6 Å². The molecule has 6 nitrogen and oxygen atoms in total. The Morgan fingerprint density at radius 2 is 2.07 bits per heavy atom. The lowest BCUT2D eigenvalue weighted by atomic mass is 9.83. The van der Waals surface area contributed by atoms with Crippen molar-refractivity contribution >= 4 is 17.5 Å². The summed E-state index contributed by atoms with van der Waals surface area (Å²) in [7, 11) is 1.61. The predicted molar refractivity (Wildman–Crippen MR) is 103 cm³/mol. The largest absolute Gasteiger partial charge is 0.383 e. The third-order valence-electron chi connectivity index (χ3n) is 4.93. The van der Waals surface area contributed by atoms with Crippen LogP contribution in [0, 0.1) is 12.8 Å². The van der Waals surface area contributed by atoms with Gasteiger partial charge in [-0.2, -0.15) is 0 Å². The Bertz CT molecular complexity index is 777. The second-order valence-electron chi connectivity index (χ2n) is 6.81. The fourth-order valence-corrected chi connectivity index (χ4v) is 3.53. The van der Waals surface area contributed by atoms with E-state index in [2.05, 4.69) is 10.3 Å². The molecule has 0 radical (unpaired) electrons. The van der Waals surface area contributed by atoms with E-state index in [4.69, 9.17) is 4.74 Å². The van der Waals surface area contributed by atoms with Gasteiger partial charge in [-0.1, -0.05) is 29.8 Å². The minimum Gasteiger partial charge on any atom is -0.383 e. The van der Waals surface area contributed by atoms with Crippen LogP contribution in [0.2, 0.25) is 0 Å². The van der Waals surface area contributed by atoms with E-state index < -0.39 is 0 Å². The lowest BCUT2D eigenvalue weighted by Crippen LogP contribution is -2.47. The predicted octanol–water partition coefficient (Wildman–Crippen LogP) is 2.95. The summed E-state index contributed by atoms with van der Waals surface area (Å²) in [5, 5.41) is 2.94. The molecule has 0 spiro atoms. The second-order valence-corrected chi connectivity index (χ2v) is 6.81. The maximum absolute atomic E-state index is 13.0. The van der Waals surface area contributed by atoms with Gasteiger partial charge in [0, 0.05) is 26.3 Å². The second kappa shape index (κ2) is 8.77. The first-order chi connectivity index (χ1) is 13.1. The average Bonchev–Trinajstić information content (AvgIpc) is 2.68. The lowest BCUT2D eigenvalue weighted by molar-refractivity contribution is -0.142. The van der Waals surface area contributed by atoms with Crippen LogP contribution in [0.1, 0.15) is 30.0 Å². The number of carbonyl (C=O) groups excluding carboxylic acids is 2. The molecule has 2 atom stereocenters. The summed E-state index contributed by atoms with van der Waals surface area (Å²) >= 11 is 0. The van der Waals surface area contributed by atoms with Crippen molar-refractivity contribution in [2.45, 2.75) is 25.8 Å². The maximum atomic E-state index is 13.0. The number of methoxy groups -OCH3 is 1. The molecule has 3 rings (SSSR count). The van der Waals surface area contributed by atoms with Gasteiger partial charge < -0.3 is 15.0 Å². The molecule has 27 heavy (non-hydrogen) atoms. The first-order valence-corrected chi connectivity index (χ1v) is 9.16. The van der Waals surface area contributed by atoms with Crippen molar-refractivity contribution in [3.63, 3.8) is 0 Å². The van der Waals surface area contributed by atoms with Crippen LogP contribution in [0.25, 0.3) is 0 Å². The van der Waals surface area contributed by atoms with E-state index in [1.807, 2.05) is 37.3 Å². The van der Waals surface area contributed by atoms with Crippen LogP contribution in [0.4, 0.5) is 5.69 Å². The number of pyridine rings is 1. The molecule has 1 aliphatic heterocycles. The SMILES string of the molecule is COCCN1C(=O)CC[C@@H](C(=O)Nc2cccnc2)[C@H]1c1ccc(C)cc1. The summed E-state index contributed by atoms with van der Waals surface area (Å²) in [5.74, 6) is -0.367. The molecular formula is C21H25N3O3. The molecule has 1 aliphatic rings. The highest BCUT2D eigenvalue weighted by Crippen LogP contribution is 2.37. The number of amides is 2. The maximum Gasteiger partial charge on any atom is 0.229 e. The number of rotatable bonds is 6. The minimum atomic E-state index is -0.331. The molecule has 1 saturated heterocycles. The summed E-state index contributed by atoms with van der Waals surface area (Å²) < 4.78 is 5.18. The van der Waals surface area contributed by atoms with Gasteiger partial charge in [0.1, 0.15) is 0 Å². The Hall–Kier alpha value is -2.73. The van der Waals surface area contributed by atoms with Crippen LogP contribution >= 0.6 is 0 Å². The van der Waals surface area contributed by atoms with E-state index >= 15 is 0 Å². The Morgan fingerprint density at radius 3 is 2.74 bits per heavy atom. The van der Waals surface area contributed by atoms with Gasteiger partial charge in [0.25, 0.3) is 0 Å². The summed E-state index contributed by atoms with van der Waals surface area (Å²) in [4.78, 5) is 31.5. The number of benzene rings is 1. The van der Waals surface area contributed by atoms with E-state index in [9.17, 15) is 9.59 Å². The highest BCUT2D eigenvalue weighted by atomic mass is 16.5. The number of carbonyl (C=O) groups is 2. The molecule has 1 fully saturated rings. The van der Waals surface area contributed by atoms with Crippen LogP contribution in [0.15, 0.2) is 48.8 Å². The number of anilines is 1. The Labute approximate surface area is 159 Å². The van der Waals surface area contributed by atoms with Gasteiger partial charge in [-0.25, -0.2) is 0 Å². The molecule has 1 aromatic heterocycles. The molecule has 0 saturated carbocycles. The minimum absolute atomic E-state index is 0.0584. The normalized spacial score (nSPS) is 19.8. The zero-order valence-corrected chi connectivity index (χ0v) is 15.7. The topological polar surface area (TPSA) is 71.5 Å². The van der Waals surface area contributed by atoms with Gasteiger partial charge in [0.15, 0.2) is 0 Å². The summed E-state index contributed by atoms with van der Waals surface area (Å²) in [5.41, 5.74) is 2.77. The third kappa shape index (κ3) is 4.52. The molecule has 2 aromatic rings. The van der Waals surface area contributed by atoms with Crippen molar-refractivity contribution in [1.82, 2.24) is 9.88 Å². The van der Waals surface area contributed by atoms with E-state index in [-0.39, 0.29) is 23.8 Å². The summed E-state index contributed by atoms with van der Waals surface area (Å²) in [6, 6.07) is 11.3. The van der Waals surface area contributed by atoms with Crippen LogP contribution in [-0.2, 0) is 14.3 Å². The number of likely N-dealkylation sites (tertiary alicyclic amines) is 1. The molecule has 1 N–H and O–H groups in total. The third-order valence-corrected chi connectivity index (χ3v) is 4.93. The van der Waals surface area contributed by atoms with Gasteiger partial charge in [-0.05, 0) is 31.0 Å². The standard InChI is InChI=1S/C21H25N3O3/c1-15-5-7-16(8-6-15)20-18(9-10-19(25)24(20)12-13-27-2)21(26)23-17-4-3-11-22-14-17/h3-8,11,14,18,20H,9-10,12-13H2,1-2H3,(H,23,26)/t18-,20-/m1/s1. The van der Waals surface area contributed by atoms with Crippen LogP contribution < -0.4 is 5.32 Å². The Kier molecular flexibility index (Phi) is 6.19. The van der Waals surface area contributed by atoms with Crippen molar-refractivity contribution < 1.29 is 14.3 Å². The average molecular weight is 367 g/mol. The number of nitrogens with one attached hydrogen (secondary N) is 1. The number of ether oxygens (including phenoxy) is 1. The van der Waals surface area contributed by atoms with E-state index in [0.29, 0.717) is 31.7 Å². The van der Waals surface area contributed by atoms with Crippen molar-refractivity contribution in [2.75, 3.05) is 25.6 Å². The number of aryl methyl sites for hydroxylation is 1. The van der Waals surface area contributed by atoms with Crippen molar-refractivity contribution in [3.8, 4) is 0 Å². The molecule has 6 heteroatoms. The Balaban J connectivity index is 1.90. The first-order valence-electron chi connectivity index (χ1n) is 9.16. The van der Waals surface area contributed by atoms with Crippen molar-refractivity contribution in [2.24, 2.45) is 5.92 Å². The lowest BCUT2D eigenvalue weighted by Gasteiger charge is -2.40. The Morgan fingerprint density at radius 1 is 1.30 bits per heavy atom. The summed E-state index contributed by atoms with van der Waals surface area (Å²) in [6.45, 7) is 2.92. The zero-order valence-electron chi connectivity index (χ0n) is 15.7. The molecule has 2 heterocycles. The van der Waals surface area contributed by atoms with Crippen LogP contribution in [0.3, 0.4) is 0 Å². The fourth-order valence-electron chi connectivity index (χ4n) is 3.53. The number of hydrogen-bond acceptors (Lipinski definition) is 4. The fraction of sp³-hybridized carbons (Fsp3) is 0.381. The van der Waals surface area contributed by atoms with Gasteiger partial charge >= 0.3 is 0 Å². The van der Waals surface area contributed by atoms with Gasteiger partial charge in [-0.15, -0.1) is 0 Å². The van der Waals surface area contributed by atoms with E-state index in [1.54, 1.807) is 30.5 Å². The quantitative estimate of drug-likeness (QED) is 0.852. The van der Waals surface area contributed by atoms with E-state index in [0.717, 1.165) is 11.1 Å². The van der Waals surface area contributed by atoms with Gasteiger partial charge in [0.2, 0.25) is 11.8 Å².